The minimum Gasteiger partial charge on any atom is -0.298 e. The van der Waals surface area contributed by atoms with Crippen molar-refractivity contribution in [3.05, 3.63) is 69.0 Å². The largest absolute Gasteiger partial charge is 0.298 e. The van der Waals surface area contributed by atoms with Crippen LogP contribution in [0.2, 0.25) is 5.02 Å². The number of aromatic nitrogens is 1. The Morgan fingerprint density at radius 2 is 2.12 bits per heavy atom. The van der Waals surface area contributed by atoms with E-state index in [2.05, 4.69) is 10.3 Å². The van der Waals surface area contributed by atoms with Gasteiger partial charge >= 0.3 is 0 Å². The summed E-state index contributed by atoms with van der Waals surface area (Å²) in [5.74, 6) is -0.838. The van der Waals surface area contributed by atoms with Crippen molar-refractivity contribution in [3.8, 4) is 0 Å². The predicted octanol–water partition coefficient (Wildman–Crippen LogP) is 4.65. The Morgan fingerprint density at radius 1 is 1.32 bits per heavy atom. The summed E-state index contributed by atoms with van der Waals surface area (Å²) in [5.41, 5.74) is 0.800. The molecule has 0 atom stereocenters. The van der Waals surface area contributed by atoms with Crippen LogP contribution < -0.4 is 5.32 Å². The van der Waals surface area contributed by atoms with Crippen molar-refractivity contribution in [1.82, 2.24) is 4.98 Å². The van der Waals surface area contributed by atoms with Crippen LogP contribution in [0.25, 0.3) is 16.3 Å². The number of halogens is 2. The van der Waals surface area contributed by atoms with Gasteiger partial charge in [-0.2, -0.15) is 0 Å². The number of thiazole rings is 1. The number of amides is 1. The lowest BCUT2D eigenvalue weighted by atomic mass is 10.2. The number of hydrogen-bond donors (Lipinski definition) is 1. The third-order valence-electron chi connectivity index (χ3n) is 3.17. The van der Waals surface area contributed by atoms with Crippen LogP contribution in [0, 0.1) is 15.9 Å². The van der Waals surface area contributed by atoms with Crippen molar-refractivity contribution in [1.29, 1.82) is 0 Å². The van der Waals surface area contributed by atoms with Crippen molar-refractivity contribution in [2.24, 2.45) is 0 Å². The summed E-state index contributed by atoms with van der Waals surface area (Å²) in [6, 6.07) is 8.37. The van der Waals surface area contributed by atoms with Gasteiger partial charge in [-0.3, -0.25) is 20.2 Å². The molecule has 3 aromatic rings. The Bertz CT molecular complexity index is 1020. The molecular weight excluding hydrogens is 369 g/mol. The van der Waals surface area contributed by atoms with Gasteiger partial charge in [-0.25, -0.2) is 9.37 Å². The molecule has 1 heterocycles. The first-order valence-electron chi connectivity index (χ1n) is 6.91. The average molecular weight is 378 g/mol. The van der Waals surface area contributed by atoms with Crippen LogP contribution in [-0.4, -0.2) is 15.8 Å². The number of hydrogen-bond acceptors (Lipinski definition) is 5. The summed E-state index contributed by atoms with van der Waals surface area (Å²) in [6.45, 7) is 0. The Balaban J connectivity index is 1.74. The number of nitro groups is 1. The molecule has 1 amide bonds. The minimum absolute atomic E-state index is 0.0216. The zero-order chi connectivity index (χ0) is 18.0. The fourth-order valence-electron chi connectivity index (χ4n) is 2.04. The van der Waals surface area contributed by atoms with E-state index in [0.29, 0.717) is 20.9 Å². The summed E-state index contributed by atoms with van der Waals surface area (Å²) >= 11 is 6.88. The number of nitrogens with zero attached hydrogens (tertiary/aromatic N) is 2. The lowest BCUT2D eigenvalue weighted by molar-refractivity contribution is -0.384. The monoisotopic (exact) mass is 377 g/mol. The highest BCUT2D eigenvalue weighted by atomic mass is 35.5. The molecule has 0 aliphatic carbocycles. The highest BCUT2D eigenvalue weighted by molar-refractivity contribution is 7.22. The summed E-state index contributed by atoms with van der Waals surface area (Å²) in [5, 5.41) is 13.8. The van der Waals surface area contributed by atoms with E-state index in [9.17, 15) is 19.3 Å². The zero-order valence-electron chi connectivity index (χ0n) is 12.4. The molecule has 1 N–H and O–H groups in total. The number of nitro benzene ring substituents is 1. The second-order valence-corrected chi connectivity index (χ2v) is 6.36. The Kier molecular flexibility index (Phi) is 4.73. The van der Waals surface area contributed by atoms with Gasteiger partial charge in [0.25, 0.3) is 5.69 Å². The number of nitrogens with one attached hydrogen (secondary N) is 1. The van der Waals surface area contributed by atoms with Gasteiger partial charge < -0.3 is 0 Å². The van der Waals surface area contributed by atoms with E-state index in [1.165, 1.54) is 42.5 Å². The topological polar surface area (TPSA) is 85.1 Å². The summed E-state index contributed by atoms with van der Waals surface area (Å²) in [7, 11) is 0. The van der Waals surface area contributed by atoms with Gasteiger partial charge in [0, 0.05) is 12.1 Å². The molecule has 0 unspecified atom stereocenters. The summed E-state index contributed by atoms with van der Waals surface area (Å²) < 4.78 is 13.8. The van der Waals surface area contributed by atoms with Crippen LogP contribution in [0.3, 0.4) is 0 Å². The molecule has 126 valence electrons. The highest BCUT2D eigenvalue weighted by Crippen LogP contribution is 2.27. The second kappa shape index (κ2) is 6.96. The van der Waals surface area contributed by atoms with Crippen LogP contribution in [0.4, 0.5) is 15.2 Å². The molecule has 0 spiro atoms. The molecule has 0 aliphatic heterocycles. The number of carbonyl (C=O) groups is 1. The van der Waals surface area contributed by atoms with Crippen molar-refractivity contribution < 1.29 is 14.1 Å². The van der Waals surface area contributed by atoms with E-state index in [-0.39, 0.29) is 16.5 Å². The fourth-order valence-corrected chi connectivity index (χ4v) is 3.12. The third kappa shape index (κ3) is 3.98. The number of benzene rings is 2. The summed E-state index contributed by atoms with van der Waals surface area (Å²) in [4.78, 5) is 26.4. The second-order valence-electron chi connectivity index (χ2n) is 4.92. The first kappa shape index (κ1) is 17.0. The van der Waals surface area contributed by atoms with Crippen molar-refractivity contribution in [2.45, 2.75) is 0 Å². The summed E-state index contributed by atoms with van der Waals surface area (Å²) in [6.07, 6.45) is 2.64. The lowest BCUT2D eigenvalue weighted by Gasteiger charge is -1.98. The molecule has 6 nitrogen and oxygen atoms in total. The molecule has 0 bridgehead atoms. The normalized spacial score (nSPS) is 11.1. The Labute approximate surface area is 149 Å². The number of fused-ring (bicyclic) bond motifs is 1. The van der Waals surface area contributed by atoms with E-state index >= 15 is 0 Å². The van der Waals surface area contributed by atoms with Gasteiger partial charge in [0.15, 0.2) is 5.13 Å². The number of carbonyl (C=O) groups excluding carboxylic acids is 1. The van der Waals surface area contributed by atoms with Crippen LogP contribution in [0.15, 0.2) is 42.5 Å². The molecule has 0 aliphatic rings. The predicted molar refractivity (Wildman–Crippen MR) is 95.3 cm³/mol. The van der Waals surface area contributed by atoms with E-state index in [1.54, 1.807) is 6.07 Å². The van der Waals surface area contributed by atoms with Crippen LogP contribution in [0.5, 0.6) is 0 Å². The molecule has 9 heteroatoms. The molecule has 0 radical (unpaired) electrons. The maximum Gasteiger partial charge on any atom is 0.288 e. The molecule has 0 saturated carbocycles. The molecule has 3 rings (SSSR count). The molecule has 2 aromatic carbocycles. The SMILES string of the molecule is O=C(C=Cc1ccc(Cl)c([N+](=O)[O-])c1)Nc1nc2ccc(F)cc2s1. The van der Waals surface area contributed by atoms with Gasteiger partial charge in [0.2, 0.25) is 5.91 Å². The minimum atomic E-state index is -0.597. The van der Waals surface area contributed by atoms with Crippen molar-refractivity contribution >= 4 is 56.0 Å². The lowest BCUT2D eigenvalue weighted by Crippen LogP contribution is -2.07. The van der Waals surface area contributed by atoms with Crippen LogP contribution in [0.1, 0.15) is 5.56 Å². The van der Waals surface area contributed by atoms with Gasteiger partial charge in [-0.15, -0.1) is 0 Å². The number of rotatable bonds is 4. The smallest absolute Gasteiger partial charge is 0.288 e. The van der Waals surface area contributed by atoms with Crippen LogP contribution >= 0.6 is 22.9 Å². The molecule has 25 heavy (non-hydrogen) atoms. The first-order valence-corrected chi connectivity index (χ1v) is 8.11. The fraction of sp³-hybridized carbons (Fsp3) is 0. The average Bonchev–Trinajstić information content (AvgIpc) is 2.95. The van der Waals surface area contributed by atoms with E-state index in [0.717, 1.165) is 11.3 Å². The van der Waals surface area contributed by atoms with Gasteiger partial charge in [0.1, 0.15) is 10.8 Å². The van der Waals surface area contributed by atoms with Crippen LogP contribution in [-0.2, 0) is 4.79 Å². The molecule has 0 fully saturated rings. The maximum absolute atomic E-state index is 13.2. The molecule has 0 saturated heterocycles. The van der Waals surface area contributed by atoms with Gasteiger partial charge in [-0.1, -0.05) is 29.0 Å². The maximum atomic E-state index is 13.2. The Hall–Kier alpha value is -2.84. The highest BCUT2D eigenvalue weighted by Gasteiger charge is 2.12. The standard InChI is InChI=1S/C16H9ClFN3O3S/c17-11-4-1-9(7-13(11)21(23)24)2-6-15(22)20-16-19-12-5-3-10(18)8-14(12)25-16/h1-8H,(H,19,20,22). The first-order chi connectivity index (χ1) is 11.9. The quantitative estimate of drug-likeness (QED) is 0.407. The van der Waals surface area contributed by atoms with Gasteiger partial charge in [-0.05, 0) is 35.9 Å². The van der Waals surface area contributed by atoms with E-state index in [4.69, 9.17) is 11.6 Å². The van der Waals surface area contributed by atoms with E-state index in [1.807, 2.05) is 0 Å². The number of anilines is 1. The zero-order valence-corrected chi connectivity index (χ0v) is 14.0. The van der Waals surface area contributed by atoms with E-state index < -0.39 is 10.8 Å². The van der Waals surface area contributed by atoms with Crippen molar-refractivity contribution in [3.63, 3.8) is 0 Å². The van der Waals surface area contributed by atoms with Crippen molar-refractivity contribution in [2.75, 3.05) is 5.32 Å². The molecule has 1 aromatic heterocycles. The third-order valence-corrected chi connectivity index (χ3v) is 4.43. The Morgan fingerprint density at radius 3 is 2.88 bits per heavy atom. The molecular formula is C16H9ClFN3O3S. The van der Waals surface area contributed by atoms with Gasteiger partial charge in [0.05, 0.1) is 15.1 Å².